The van der Waals surface area contributed by atoms with E-state index in [1.54, 1.807) is 41.5 Å². The minimum absolute atomic E-state index is 0.00835. The van der Waals surface area contributed by atoms with E-state index in [-0.39, 0.29) is 18.4 Å². The van der Waals surface area contributed by atoms with Crippen LogP contribution in [0.2, 0.25) is 10.0 Å². The summed E-state index contributed by atoms with van der Waals surface area (Å²) >= 11 is 13.7. The molecular formula is C18H16Cl2N2OS. The standard InChI is InChI=1S/C18H16Cl2N2OS/c1-11(18-21-15-5-3-4-6-16(15)24-18)22(2)17(23)9-12-7-8-13(19)10-14(12)20/h3-8,10-11H,9H2,1-2H3/t11-/m0/s1. The van der Waals surface area contributed by atoms with E-state index >= 15 is 0 Å². The number of carbonyl (C=O) groups is 1. The molecule has 0 aliphatic carbocycles. The molecule has 1 amide bonds. The number of benzene rings is 2. The number of para-hydroxylation sites is 1. The van der Waals surface area contributed by atoms with Crippen LogP contribution in [0.1, 0.15) is 23.5 Å². The number of thiazole rings is 1. The fraction of sp³-hybridized carbons (Fsp3) is 0.222. The normalized spacial score (nSPS) is 12.3. The molecule has 1 aromatic heterocycles. The SMILES string of the molecule is C[C@@H](c1nc2ccccc2s1)N(C)C(=O)Cc1ccc(Cl)cc1Cl. The third-order valence-electron chi connectivity index (χ3n) is 4.00. The molecule has 0 saturated carbocycles. The van der Waals surface area contributed by atoms with E-state index in [0.29, 0.717) is 10.0 Å². The minimum atomic E-state index is -0.0963. The molecule has 1 atom stereocenters. The second kappa shape index (κ2) is 7.09. The molecule has 0 aliphatic rings. The summed E-state index contributed by atoms with van der Waals surface area (Å²) in [5.74, 6) is -0.00835. The quantitative estimate of drug-likeness (QED) is 0.611. The van der Waals surface area contributed by atoms with Gasteiger partial charge in [-0.1, -0.05) is 41.4 Å². The maximum Gasteiger partial charge on any atom is 0.227 e. The van der Waals surface area contributed by atoms with Crippen LogP contribution >= 0.6 is 34.5 Å². The number of halogens is 2. The van der Waals surface area contributed by atoms with Gasteiger partial charge in [0.15, 0.2) is 0 Å². The van der Waals surface area contributed by atoms with Gasteiger partial charge in [-0.15, -0.1) is 11.3 Å². The number of hydrogen-bond acceptors (Lipinski definition) is 3. The number of rotatable bonds is 4. The predicted octanol–water partition coefficient (Wildman–Crippen LogP) is 5.37. The Hall–Kier alpha value is -1.62. The Kier molecular flexibility index (Phi) is 5.09. The Morgan fingerprint density at radius 3 is 2.71 bits per heavy atom. The van der Waals surface area contributed by atoms with E-state index in [1.807, 2.05) is 31.2 Å². The van der Waals surface area contributed by atoms with Crippen LogP contribution < -0.4 is 0 Å². The van der Waals surface area contributed by atoms with E-state index in [9.17, 15) is 4.79 Å². The largest absolute Gasteiger partial charge is 0.336 e. The van der Waals surface area contributed by atoms with Crippen molar-refractivity contribution in [2.75, 3.05) is 7.05 Å². The van der Waals surface area contributed by atoms with Gasteiger partial charge in [0.05, 0.1) is 22.7 Å². The van der Waals surface area contributed by atoms with E-state index in [2.05, 4.69) is 4.98 Å². The van der Waals surface area contributed by atoms with Gasteiger partial charge in [0.1, 0.15) is 5.01 Å². The summed E-state index contributed by atoms with van der Waals surface area (Å²) in [6.07, 6.45) is 0.238. The number of nitrogens with zero attached hydrogens (tertiary/aromatic N) is 2. The fourth-order valence-corrected chi connectivity index (χ4v) is 3.94. The van der Waals surface area contributed by atoms with Crippen molar-refractivity contribution in [2.24, 2.45) is 0 Å². The number of carbonyl (C=O) groups excluding carboxylic acids is 1. The van der Waals surface area contributed by atoms with Crippen LogP contribution in [0.5, 0.6) is 0 Å². The van der Waals surface area contributed by atoms with Crippen molar-refractivity contribution in [1.29, 1.82) is 0 Å². The molecule has 0 bridgehead atoms. The highest BCUT2D eigenvalue weighted by molar-refractivity contribution is 7.18. The van der Waals surface area contributed by atoms with E-state index < -0.39 is 0 Å². The lowest BCUT2D eigenvalue weighted by Crippen LogP contribution is -2.31. The highest BCUT2D eigenvalue weighted by Gasteiger charge is 2.21. The molecule has 3 aromatic rings. The lowest BCUT2D eigenvalue weighted by Gasteiger charge is -2.23. The predicted molar refractivity (Wildman–Crippen MR) is 101 cm³/mol. The van der Waals surface area contributed by atoms with Crippen LogP contribution in [0.4, 0.5) is 0 Å². The molecule has 0 fully saturated rings. The van der Waals surface area contributed by atoms with Gasteiger partial charge < -0.3 is 4.90 Å². The molecule has 3 nitrogen and oxygen atoms in total. The van der Waals surface area contributed by atoms with Gasteiger partial charge in [0.25, 0.3) is 0 Å². The van der Waals surface area contributed by atoms with Gasteiger partial charge in [0, 0.05) is 17.1 Å². The smallest absolute Gasteiger partial charge is 0.227 e. The van der Waals surface area contributed by atoms with Crippen LogP contribution in [0, 0.1) is 0 Å². The summed E-state index contributed by atoms with van der Waals surface area (Å²) in [7, 11) is 1.79. The summed E-state index contributed by atoms with van der Waals surface area (Å²) in [6.45, 7) is 1.99. The van der Waals surface area contributed by atoms with Gasteiger partial charge >= 0.3 is 0 Å². The van der Waals surface area contributed by atoms with Crippen molar-refractivity contribution in [3.63, 3.8) is 0 Å². The van der Waals surface area contributed by atoms with Gasteiger partial charge in [0.2, 0.25) is 5.91 Å². The molecule has 24 heavy (non-hydrogen) atoms. The zero-order valence-electron chi connectivity index (χ0n) is 13.3. The maximum absolute atomic E-state index is 12.6. The molecule has 0 saturated heterocycles. The average molecular weight is 379 g/mol. The number of aromatic nitrogens is 1. The first-order chi connectivity index (χ1) is 11.5. The number of amides is 1. The van der Waals surface area contributed by atoms with Crippen LogP contribution in [0.3, 0.4) is 0 Å². The first kappa shape index (κ1) is 17.2. The zero-order valence-corrected chi connectivity index (χ0v) is 15.6. The Labute approximate surface area is 154 Å². The van der Waals surface area contributed by atoms with Gasteiger partial charge in [-0.3, -0.25) is 4.79 Å². The molecule has 3 rings (SSSR count). The topological polar surface area (TPSA) is 33.2 Å². The Bertz CT molecular complexity index is 861. The van der Waals surface area contributed by atoms with Crippen LogP contribution in [0.15, 0.2) is 42.5 Å². The fourth-order valence-electron chi connectivity index (χ4n) is 2.40. The van der Waals surface area contributed by atoms with Crippen LogP contribution in [-0.4, -0.2) is 22.8 Å². The molecular weight excluding hydrogens is 363 g/mol. The third kappa shape index (κ3) is 3.56. The molecule has 6 heteroatoms. The van der Waals surface area contributed by atoms with Crippen molar-refractivity contribution in [3.05, 3.63) is 63.1 Å². The maximum atomic E-state index is 12.6. The molecule has 0 unspecified atom stereocenters. The minimum Gasteiger partial charge on any atom is -0.336 e. The Balaban J connectivity index is 1.76. The van der Waals surface area contributed by atoms with E-state index in [1.165, 1.54) is 0 Å². The zero-order chi connectivity index (χ0) is 17.3. The van der Waals surface area contributed by atoms with Crippen LogP contribution in [-0.2, 0) is 11.2 Å². The van der Waals surface area contributed by atoms with Crippen molar-refractivity contribution in [1.82, 2.24) is 9.88 Å². The Morgan fingerprint density at radius 1 is 1.25 bits per heavy atom. The molecule has 0 spiro atoms. The molecule has 0 aliphatic heterocycles. The second-order valence-corrected chi connectivity index (χ2v) is 7.52. The average Bonchev–Trinajstić information content (AvgIpc) is 3.00. The van der Waals surface area contributed by atoms with Gasteiger partial charge in [-0.2, -0.15) is 0 Å². The number of hydrogen-bond donors (Lipinski definition) is 0. The Morgan fingerprint density at radius 2 is 2.00 bits per heavy atom. The monoisotopic (exact) mass is 378 g/mol. The summed E-state index contributed by atoms with van der Waals surface area (Å²) in [5.41, 5.74) is 1.74. The molecule has 2 aromatic carbocycles. The van der Waals surface area contributed by atoms with Gasteiger partial charge in [-0.25, -0.2) is 4.98 Å². The summed E-state index contributed by atoms with van der Waals surface area (Å²) in [6, 6.07) is 13.1. The van der Waals surface area contributed by atoms with Crippen molar-refractivity contribution >= 4 is 50.7 Å². The molecule has 1 heterocycles. The van der Waals surface area contributed by atoms with Gasteiger partial charge in [-0.05, 0) is 36.8 Å². The van der Waals surface area contributed by atoms with Crippen molar-refractivity contribution in [3.8, 4) is 0 Å². The lowest BCUT2D eigenvalue weighted by molar-refractivity contribution is -0.131. The van der Waals surface area contributed by atoms with E-state index in [4.69, 9.17) is 23.2 Å². The second-order valence-electron chi connectivity index (χ2n) is 5.61. The first-order valence-electron chi connectivity index (χ1n) is 7.51. The van der Waals surface area contributed by atoms with Crippen molar-refractivity contribution in [2.45, 2.75) is 19.4 Å². The highest BCUT2D eigenvalue weighted by Crippen LogP contribution is 2.29. The number of fused-ring (bicyclic) bond motifs is 1. The van der Waals surface area contributed by atoms with Crippen LogP contribution in [0.25, 0.3) is 10.2 Å². The highest BCUT2D eigenvalue weighted by atomic mass is 35.5. The molecule has 0 N–H and O–H groups in total. The lowest BCUT2D eigenvalue weighted by atomic mass is 10.1. The molecule has 0 radical (unpaired) electrons. The number of likely N-dealkylation sites (N-methyl/N-ethyl adjacent to an activating group) is 1. The first-order valence-corrected chi connectivity index (χ1v) is 9.08. The van der Waals surface area contributed by atoms with E-state index in [0.717, 1.165) is 20.8 Å². The summed E-state index contributed by atoms with van der Waals surface area (Å²) in [5, 5.41) is 2.00. The third-order valence-corrected chi connectivity index (χ3v) is 5.79. The van der Waals surface area contributed by atoms with Crippen molar-refractivity contribution < 1.29 is 4.79 Å². The summed E-state index contributed by atoms with van der Waals surface area (Å²) < 4.78 is 1.13. The summed E-state index contributed by atoms with van der Waals surface area (Å²) in [4.78, 5) is 18.9. The molecule has 124 valence electrons.